The van der Waals surface area contributed by atoms with E-state index in [-0.39, 0.29) is 16.8 Å². The van der Waals surface area contributed by atoms with Crippen molar-refractivity contribution in [2.45, 2.75) is 76.0 Å². The molecule has 4 heteroatoms. The zero-order valence-electron chi connectivity index (χ0n) is 13.0. The van der Waals surface area contributed by atoms with Crippen molar-refractivity contribution in [3.05, 3.63) is 0 Å². The van der Waals surface area contributed by atoms with E-state index in [0.717, 1.165) is 11.3 Å². The molecule has 0 aromatic heterocycles. The maximum Gasteiger partial charge on any atom is 0 e. The Bertz CT molecular complexity index is 240. The van der Waals surface area contributed by atoms with Crippen LogP contribution in [-0.2, 0) is 0 Å². The predicted molar refractivity (Wildman–Crippen MR) is 91.4 cm³/mol. The van der Waals surface area contributed by atoms with E-state index in [0.29, 0.717) is 26.2 Å². The Labute approximate surface area is 121 Å². The van der Waals surface area contributed by atoms with Crippen LogP contribution in [0.3, 0.4) is 0 Å². The van der Waals surface area contributed by atoms with E-state index in [1.807, 2.05) is 0 Å². The van der Waals surface area contributed by atoms with Crippen LogP contribution < -0.4 is 0 Å². The summed E-state index contributed by atoms with van der Waals surface area (Å²) in [6.45, 7) is 14.9. The summed E-state index contributed by atoms with van der Waals surface area (Å²) in [4.78, 5) is 0. The molecule has 2 fully saturated rings. The van der Waals surface area contributed by atoms with Gasteiger partial charge < -0.3 is 0 Å². The molecular formula is C14H28B2P2. The van der Waals surface area contributed by atoms with E-state index in [4.69, 9.17) is 0 Å². The first-order valence-corrected chi connectivity index (χ1v) is 9.94. The molecule has 0 unspecified atom stereocenters. The lowest BCUT2D eigenvalue weighted by molar-refractivity contribution is 0.597. The quantitative estimate of drug-likeness (QED) is 0.495. The van der Waals surface area contributed by atoms with Gasteiger partial charge in [0.1, 0.15) is 0 Å². The van der Waals surface area contributed by atoms with Crippen LogP contribution >= 0.6 is 15.8 Å². The maximum absolute atomic E-state index is 2.48. The lowest BCUT2D eigenvalue weighted by atomic mass is 10.1. The summed E-state index contributed by atoms with van der Waals surface area (Å²) in [5.41, 5.74) is 2.29. The van der Waals surface area contributed by atoms with Gasteiger partial charge in [0, 0.05) is 16.8 Å². The molecule has 2 aliphatic heterocycles. The van der Waals surface area contributed by atoms with E-state index in [9.17, 15) is 0 Å². The van der Waals surface area contributed by atoms with Gasteiger partial charge in [-0.05, 0) is 46.8 Å². The molecule has 0 nitrogen and oxygen atoms in total. The molecule has 0 bridgehead atoms. The fourth-order valence-electron chi connectivity index (χ4n) is 3.28. The predicted octanol–water partition coefficient (Wildman–Crippen LogP) is 4.33. The SMILES string of the molecule is CC(C)(C)[P@]1CC[C@@H]1[C@H]1CC[P@@]1C(C)(C)C.[B].[B]. The summed E-state index contributed by atoms with van der Waals surface area (Å²) in [6, 6.07) is 0. The molecule has 100 valence electrons. The highest BCUT2D eigenvalue weighted by Crippen LogP contribution is 2.73. The van der Waals surface area contributed by atoms with E-state index >= 15 is 0 Å². The molecule has 2 aliphatic rings. The molecule has 0 saturated carbocycles. The number of hydrogen-bond donors (Lipinski definition) is 0. The minimum Gasteiger partial charge on any atom is -0.0973 e. The average molecular weight is 280 g/mol. The zero-order valence-corrected chi connectivity index (χ0v) is 14.8. The van der Waals surface area contributed by atoms with Crippen LogP contribution in [0.25, 0.3) is 0 Å². The molecule has 0 spiro atoms. The average Bonchev–Trinajstić information content (AvgIpc) is 1.87. The van der Waals surface area contributed by atoms with Crippen molar-refractivity contribution in [2.24, 2.45) is 0 Å². The summed E-state index contributed by atoms with van der Waals surface area (Å²) in [6.07, 6.45) is 6.24. The topological polar surface area (TPSA) is 0 Å². The van der Waals surface area contributed by atoms with Crippen molar-refractivity contribution in [3.63, 3.8) is 0 Å². The lowest BCUT2D eigenvalue weighted by Crippen LogP contribution is -2.45. The Kier molecular flexibility index (Phi) is 6.52. The lowest BCUT2D eigenvalue weighted by Gasteiger charge is -2.57. The molecule has 0 N–H and O–H groups in total. The summed E-state index contributed by atoms with van der Waals surface area (Å²) in [7, 11) is 0.692. The molecule has 2 saturated heterocycles. The van der Waals surface area contributed by atoms with Crippen molar-refractivity contribution in [3.8, 4) is 0 Å². The normalized spacial score (nSPS) is 35.7. The van der Waals surface area contributed by atoms with Gasteiger partial charge >= 0.3 is 0 Å². The first-order chi connectivity index (χ1) is 7.21. The Morgan fingerprint density at radius 3 is 1.06 bits per heavy atom. The largest absolute Gasteiger partial charge is 0.0973 e. The highest BCUT2D eigenvalue weighted by Gasteiger charge is 2.50. The summed E-state index contributed by atoms with van der Waals surface area (Å²) in [5.74, 6) is 0. The molecule has 2 heterocycles. The molecule has 2 rings (SSSR count). The van der Waals surface area contributed by atoms with Crippen molar-refractivity contribution in [2.75, 3.05) is 12.3 Å². The van der Waals surface area contributed by atoms with Crippen molar-refractivity contribution < 1.29 is 0 Å². The number of hydrogen-bond acceptors (Lipinski definition) is 0. The minimum atomic E-state index is 0. The Morgan fingerprint density at radius 1 is 0.667 bits per heavy atom. The van der Waals surface area contributed by atoms with Gasteiger partial charge in [0.15, 0.2) is 0 Å². The number of rotatable bonds is 1. The molecule has 18 heavy (non-hydrogen) atoms. The van der Waals surface area contributed by atoms with Crippen LogP contribution in [0.4, 0.5) is 0 Å². The van der Waals surface area contributed by atoms with Gasteiger partial charge in [-0.1, -0.05) is 57.4 Å². The van der Waals surface area contributed by atoms with Crippen molar-refractivity contribution in [1.29, 1.82) is 0 Å². The second-order valence-electron chi connectivity index (χ2n) is 7.44. The highest BCUT2D eigenvalue weighted by atomic mass is 31.1. The van der Waals surface area contributed by atoms with E-state index in [2.05, 4.69) is 41.5 Å². The summed E-state index contributed by atoms with van der Waals surface area (Å²) >= 11 is 0. The molecule has 4 atom stereocenters. The van der Waals surface area contributed by atoms with Gasteiger partial charge in [-0.3, -0.25) is 0 Å². The molecule has 0 aliphatic carbocycles. The third-order valence-corrected chi connectivity index (χ3v) is 12.3. The van der Waals surface area contributed by atoms with Gasteiger partial charge in [-0.2, -0.15) is 0 Å². The molecule has 0 amide bonds. The molecule has 0 aromatic rings. The van der Waals surface area contributed by atoms with Gasteiger partial charge in [0.2, 0.25) is 0 Å². The van der Waals surface area contributed by atoms with E-state index in [1.165, 1.54) is 0 Å². The van der Waals surface area contributed by atoms with Crippen LogP contribution in [-0.4, -0.2) is 50.8 Å². The van der Waals surface area contributed by atoms with Gasteiger partial charge in [-0.25, -0.2) is 0 Å². The highest BCUT2D eigenvalue weighted by molar-refractivity contribution is 7.66. The first kappa shape index (κ1) is 19.0. The fraction of sp³-hybridized carbons (Fsp3) is 1.00. The maximum atomic E-state index is 2.48. The van der Waals surface area contributed by atoms with Gasteiger partial charge in [0.25, 0.3) is 0 Å². The van der Waals surface area contributed by atoms with Crippen LogP contribution in [0.2, 0.25) is 0 Å². The zero-order chi connectivity index (χ0) is 12.1. The van der Waals surface area contributed by atoms with Crippen molar-refractivity contribution in [1.82, 2.24) is 0 Å². The third-order valence-electron chi connectivity index (χ3n) is 4.30. The van der Waals surface area contributed by atoms with Crippen LogP contribution in [0.1, 0.15) is 54.4 Å². The monoisotopic (exact) mass is 280 g/mol. The summed E-state index contributed by atoms with van der Waals surface area (Å²) < 4.78 is 0. The minimum absolute atomic E-state index is 0. The third kappa shape index (κ3) is 3.55. The fourth-order valence-corrected chi connectivity index (χ4v) is 10.3. The van der Waals surface area contributed by atoms with Crippen LogP contribution in [0.15, 0.2) is 0 Å². The Hall–Kier alpha value is 0.990. The standard InChI is InChI=1S/C14H28P2.2B/c1-13(2,3)15-9-7-11(15)12-8-10-16(12)14(4,5)6;;/h11-12H,7-10H2,1-6H3;;/t11-,12-,15-,16-;;/m1../s1. The van der Waals surface area contributed by atoms with Gasteiger partial charge in [-0.15, -0.1) is 0 Å². The first-order valence-electron chi connectivity index (χ1n) is 6.75. The summed E-state index contributed by atoms with van der Waals surface area (Å²) in [5, 5.41) is 1.24. The van der Waals surface area contributed by atoms with Crippen LogP contribution in [0, 0.1) is 0 Å². The second-order valence-corrected chi connectivity index (χ2v) is 14.2. The van der Waals surface area contributed by atoms with E-state index < -0.39 is 0 Å². The smallest absolute Gasteiger partial charge is 0 e. The van der Waals surface area contributed by atoms with Gasteiger partial charge in [0.05, 0.1) is 0 Å². The Balaban J connectivity index is 0.00000144. The van der Waals surface area contributed by atoms with Crippen LogP contribution in [0.5, 0.6) is 0 Å². The second kappa shape index (κ2) is 6.18. The molecule has 0 aromatic carbocycles. The Morgan fingerprint density at radius 2 is 0.944 bits per heavy atom. The molecule has 6 radical (unpaired) electrons. The van der Waals surface area contributed by atoms with E-state index in [1.54, 1.807) is 25.2 Å². The van der Waals surface area contributed by atoms with Crippen molar-refractivity contribution >= 4 is 32.7 Å². The molecular weight excluding hydrogens is 252 g/mol.